The molecular formula is C15H25N. The summed E-state index contributed by atoms with van der Waals surface area (Å²) in [6.07, 6.45) is 3.49. The molecule has 16 heavy (non-hydrogen) atoms. The van der Waals surface area contributed by atoms with E-state index in [4.69, 9.17) is 5.73 Å². The minimum absolute atomic E-state index is 0.367. The fourth-order valence-electron chi connectivity index (χ4n) is 2.12. The van der Waals surface area contributed by atoms with Crippen LogP contribution in [0.2, 0.25) is 0 Å². The second-order valence-corrected chi connectivity index (χ2v) is 5.63. The molecule has 1 rings (SSSR count). The fraction of sp³-hybridized carbons (Fsp3) is 0.600. The highest BCUT2D eigenvalue weighted by molar-refractivity contribution is 5.30. The second-order valence-electron chi connectivity index (χ2n) is 5.63. The molecule has 0 bridgehead atoms. The highest BCUT2D eigenvalue weighted by Crippen LogP contribution is 2.27. The molecule has 1 aromatic rings. The summed E-state index contributed by atoms with van der Waals surface area (Å²) in [5.41, 5.74) is 10.3. The van der Waals surface area contributed by atoms with Crippen LogP contribution in [0.3, 0.4) is 0 Å². The van der Waals surface area contributed by atoms with E-state index in [1.165, 1.54) is 29.5 Å². The molecule has 0 aromatic heterocycles. The van der Waals surface area contributed by atoms with E-state index < -0.39 is 0 Å². The van der Waals surface area contributed by atoms with Gasteiger partial charge in [-0.1, -0.05) is 37.6 Å². The van der Waals surface area contributed by atoms with Crippen LogP contribution in [0.25, 0.3) is 0 Å². The summed E-state index contributed by atoms with van der Waals surface area (Å²) >= 11 is 0. The van der Waals surface area contributed by atoms with E-state index in [-0.39, 0.29) is 0 Å². The van der Waals surface area contributed by atoms with Crippen LogP contribution < -0.4 is 5.73 Å². The van der Waals surface area contributed by atoms with Crippen molar-refractivity contribution >= 4 is 0 Å². The Morgan fingerprint density at radius 2 is 1.81 bits per heavy atom. The molecule has 0 heterocycles. The highest BCUT2D eigenvalue weighted by Gasteiger charge is 2.16. The molecule has 0 saturated heterocycles. The van der Waals surface area contributed by atoms with Gasteiger partial charge in [-0.2, -0.15) is 0 Å². The number of hydrogen-bond acceptors (Lipinski definition) is 1. The molecule has 0 amide bonds. The van der Waals surface area contributed by atoms with Gasteiger partial charge in [0.25, 0.3) is 0 Å². The minimum Gasteiger partial charge on any atom is -0.330 e. The molecule has 1 nitrogen and oxygen atoms in total. The number of benzene rings is 1. The Balaban J connectivity index is 2.61. The van der Waals surface area contributed by atoms with Gasteiger partial charge in [0.1, 0.15) is 0 Å². The molecule has 0 spiro atoms. The minimum atomic E-state index is 0.367. The maximum Gasteiger partial charge on any atom is -0.00722 e. The Morgan fingerprint density at radius 3 is 2.38 bits per heavy atom. The molecule has 90 valence electrons. The molecular weight excluding hydrogens is 194 g/mol. The fourth-order valence-corrected chi connectivity index (χ4v) is 2.12. The van der Waals surface area contributed by atoms with Gasteiger partial charge in [0.15, 0.2) is 0 Å². The van der Waals surface area contributed by atoms with Gasteiger partial charge >= 0.3 is 0 Å². The third-order valence-corrected chi connectivity index (χ3v) is 3.39. The van der Waals surface area contributed by atoms with Crippen LogP contribution in [0, 0.1) is 19.3 Å². The van der Waals surface area contributed by atoms with Crippen molar-refractivity contribution in [3.63, 3.8) is 0 Å². The molecule has 1 aromatic carbocycles. The molecule has 0 radical (unpaired) electrons. The molecule has 0 fully saturated rings. The van der Waals surface area contributed by atoms with E-state index in [2.05, 4.69) is 45.9 Å². The molecule has 2 N–H and O–H groups in total. The van der Waals surface area contributed by atoms with E-state index in [1.54, 1.807) is 0 Å². The van der Waals surface area contributed by atoms with Crippen LogP contribution in [0.1, 0.15) is 43.4 Å². The van der Waals surface area contributed by atoms with Crippen molar-refractivity contribution in [1.82, 2.24) is 0 Å². The monoisotopic (exact) mass is 219 g/mol. The summed E-state index contributed by atoms with van der Waals surface area (Å²) in [5, 5.41) is 0. The van der Waals surface area contributed by atoms with Gasteiger partial charge in [0, 0.05) is 0 Å². The Bertz CT molecular complexity index is 339. The first-order chi connectivity index (χ1) is 7.44. The summed E-state index contributed by atoms with van der Waals surface area (Å²) in [4.78, 5) is 0. The van der Waals surface area contributed by atoms with Crippen molar-refractivity contribution in [1.29, 1.82) is 0 Å². The van der Waals surface area contributed by atoms with Crippen LogP contribution in [0.4, 0.5) is 0 Å². The summed E-state index contributed by atoms with van der Waals surface area (Å²) in [7, 11) is 0. The van der Waals surface area contributed by atoms with Crippen LogP contribution in [0.15, 0.2) is 18.2 Å². The van der Waals surface area contributed by atoms with Crippen LogP contribution >= 0.6 is 0 Å². The average Bonchev–Trinajstić information content (AvgIpc) is 2.16. The van der Waals surface area contributed by atoms with E-state index >= 15 is 0 Å². The molecule has 0 saturated carbocycles. The van der Waals surface area contributed by atoms with Gasteiger partial charge in [-0.25, -0.2) is 0 Å². The van der Waals surface area contributed by atoms with Crippen molar-refractivity contribution < 1.29 is 0 Å². The zero-order valence-corrected chi connectivity index (χ0v) is 11.1. The predicted octanol–water partition coefficient (Wildman–Crippen LogP) is 3.61. The summed E-state index contributed by atoms with van der Waals surface area (Å²) < 4.78 is 0. The van der Waals surface area contributed by atoms with Crippen LogP contribution in [0.5, 0.6) is 0 Å². The van der Waals surface area contributed by atoms with E-state index in [0.717, 1.165) is 13.0 Å². The summed E-state index contributed by atoms with van der Waals surface area (Å²) in [6, 6.07) is 6.74. The molecule has 0 aliphatic heterocycles. The van der Waals surface area contributed by atoms with E-state index in [0.29, 0.717) is 5.41 Å². The average molecular weight is 219 g/mol. The molecule has 0 aliphatic carbocycles. The zero-order chi connectivity index (χ0) is 12.2. The van der Waals surface area contributed by atoms with Gasteiger partial charge in [-0.15, -0.1) is 0 Å². The van der Waals surface area contributed by atoms with Gasteiger partial charge in [0.2, 0.25) is 0 Å². The normalized spacial score (nSPS) is 11.8. The third-order valence-electron chi connectivity index (χ3n) is 3.39. The second kappa shape index (κ2) is 5.49. The Morgan fingerprint density at radius 1 is 1.12 bits per heavy atom. The molecule has 0 atom stereocenters. The molecule has 0 aliphatic rings. The Kier molecular flexibility index (Phi) is 4.55. The maximum atomic E-state index is 5.63. The van der Waals surface area contributed by atoms with Crippen molar-refractivity contribution in [2.45, 2.75) is 47.0 Å². The van der Waals surface area contributed by atoms with Gasteiger partial charge in [-0.3, -0.25) is 0 Å². The number of hydrogen-bond donors (Lipinski definition) is 1. The Labute approximate surface area is 100 Å². The highest BCUT2D eigenvalue weighted by atomic mass is 14.5. The SMILES string of the molecule is Cc1ccc(CCC(C)(C)CCN)c(C)c1. The lowest BCUT2D eigenvalue weighted by atomic mass is 9.82. The standard InChI is InChI=1S/C15H25N/c1-12-5-6-14(13(2)11-12)7-8-15(3,4)9-10-16/h5-6,11H,7-10,16H2,1-4H3. The lowest BCUT2D eigenvalue weighted by Gasteiger charge is -2.24. The topological polar surface area (TPSA) is 26.0 Å². The van der Waals surface area contributed by atoms with Crippen molar-refractivity contribution in [2.24, 2.45) is 11.1 Å². The number of aryl methyl sites for hydroxylation is 3. The first-order valence-electron chi connectivity index (χ1n) is 6.21. The zero-order valence-electron chi connectivity index (χ0n) is 11.1. The van der Waals surface area contributed by atoms with Crippen molar-refractivity contribution in [3.8, 4) is 0 Å². The first-order valence-corrected chi connectivity index (χ1v) is 6.21. The largest absolute Gasteiger partial charge is 0.330 e. The van der Waals surface area contributed by atoms with Crippen LogP contribution in [-0.2, 0) is 6.42 Å². The number of nitrogens with two attached hydrogens (primary N) is 1. The van der Waals surface area contributed by atoms with E-state index in [9.17, 15) is 0 Å². The van der Waals surface area contributed by atoms with Crippen molar-refractivity contribution in [2.75, 3.05) is 6.54 Å². The first kappa shape index (κ1) is 13.2. The quantitative estimate of drug-likeness (QED) is 0.804. The van der Waals surface area contributed by atoms with Crippen molar-refractivity contribution in [3.05, 3.63) is 34.9 Å². The molecule has 1 heteroatoms. The van der Waals surface area contributed by atoms with Gasteiger partial charge in [-0.05, 0) is 56.2 Å². The molecule has 0 unspecified atom stereocenters. The van der Waals surface area contributed by atoms with Crippen LogP contribution in [-0.4, -0.2) is 6.54 Å². The van der Waals surface area contributed by atoms with Gasteiger partial charge < -0.3 is 5.73 Å². The van der Waals surface area contributed by atoms with Gasteiger partial charge in [0.05, 0.1) is 0 Å². The lowest BCUT2D eigenvalue weighted by molar-refractivity contribution is 0.313. The third kappa shape index (κ3) is 3.97. The predicted molar refractivity (Wildman–Crippen MR) is 71.7 cm³/mol. The van der Waals surface area contributed by atoms with E-state index in [1.807, 2.05) is 0 Å². The Hall–Kier alpha value is -0.820. The number of rotatable bonds is 5. The smallest absolute Gasteiger partial charge is 0.00722 e. The summed E-state index contributed by atoms with van der Waals surface area (Å²) in [6.45, 7) is 9.76. The summed E-state index contributed by atoms with van der Waals surface area (Å²) in [5.74, 6) is 0. The maximum absolute atomic E-state index is 5.63. The lowest BCUT2D eigenvalue weighted by Crippen LogP contribution is -2.18.